The minimum Gasteiger partial charge on any atom is -0.341 e. The summed E-state index contributed by atoms with van der Waals surface area (Å²) in [5, 5.41) is 0.0620. The summed E-state index contributed by atoms with van der Waals surface area (Å²) >= 11 is 5.66. The summed E-state index contributed by atoms with van der Waals surface area (Å²) in [6, 6.07) is 6.20. The van der Waals surface area contributed by atoms with E-state index in [0.29, 0.717) is 22.3 Å². The van der Waals surface area contributed by atoms with Crippen molar-refractivity contribution in [2.45, 2.75) is 13.5 Å². The molecule has 2 heterocycles. The van der Waals surface area contributed by atoms with E-state index in [1.165, 1.54) is 23.2 Å². The Hall–Kier alpha value is -2.47. The molecule has 118 valence electrons. The molecule has 7 heteroatoms. The van der Waals surface area contributed by atoms with Gasteiger partial charge in [-0.3, -0.25) is 4.79 Å². The first-order chi connectivity index (χ1) is 10.9. The van der Waals surface area contributed by atoms with Crippen molar-refractivity contribution in [3.63, 3.8) is 0 Å². The minimum atomic E-state index is -0.499. The lowest BCUT2D eigenvalue weighted by Gasteiger charge is -2.17. The van der Waals surface area contributed by atoms with E-state index < -0.39 is 5.82 Å². The third kappa shape index (κ3) is 3.17. The maximum absolute atomic E-state index is 13.5. The van der Waals surface area contributed by atoms with Crippen LogP contribution in [0.2, 0.25) is 5.02 Å². The lowest BCUT2D eigenvalue weighted by Crippen LogP contribution is -2.26. The van der Waals surface area contributed by atoms with Crippen LogP contribution in [0.25, 0.3) is 11.2 Å². The van der Waals surface area contributed by atoms with Crippen LogP contribution in [0.4, 0.5) is 4.39 Å². The van der Waals surface area contributed by atoms with Gasteiger partial charge in [0.05, 0.1) is 16.1 Å². The highest BCUT2D eigenvalue weighted by atomic mass is 35.5. The number of hydrogen-bond acceptors (Lipinski definition) is 3. The van der Waals surface area contributed by atoms with Gasteiger partial charge in [0, 0.05) is 19.8 Å². The predicted molar refractivity (Wildman–Crippen MR) is 85.8 cm³/mol. The Bertz CT molecular complexity index is 893. The molecule has 5 nitrogen and oxygen atoms in total. The molecule has 0 atom stereocenters. The van der Waals surface area contributed by atoms with Crippen LogP contribution in [0, 0.1) is 12.7 Å². The Morgan fingerprint density at radius 3 is 2.91 bits per heavy atom. The minimum absolute atomic E-state index is 0.0620. The molecule has 0 radical (unpaired) electrons. The Kier molecular flexibility index (Phi) is 4.00. The molecule has 1 amide bonds. The molecule has 0 saturated carbocycles. The number of carbonyl (C=O) groups is 1. The molecule has 0 saturated heterocycles. The van der Waals surface area contributed by atoms with Crippen LogP contribution in [-0.2, 0) is 6.54 Å². The summed E-state index contributed by atoms with van der Waals surface area (Å²) in [4.78, 5) is 25.4. The number of aryl methyl sites for hydroxylation is 1. The van der Waals surface area contributed by atoms with Crippen LogP contribution in [0.3, 0.4) is 0 Å². The van der Waals surface area contributed by atoms with Crippen LogP contribution in [0.5, 0.6) is 0 Å². The Balaban J connectivity index is 1.81. The number of fused-ring (bicyclic) bond motifs is 1. The molecular formula is C16H14ClFN4O. The number of amides is 1. The van der Waals surface area contributed by atoms with Crippen molar-refractivity contribution in [2.24, 2.45) is 0 Å². The molecule has 1 N–H and O–H groups in total. The second kappa shape index (κ2) is 5.96. The molecule has 0 aliphatic heterocycles. The normalized spacial score (nSPS) is 11.0. The van der Waals surface area contributed by atoms with Crippen molar-refractivity contribution < 1.29 is 9.18 Å². The highest BCUT2D eigenvalue weighted by molar-refractivity contribution is 6.30. The van der Waals surface area contributed by atoms with Gasteiger partial charge in [0.25, 0.3) is 5.91 Å². The standard InChI is InChI=1S/C16H14ClFN4O/c1-9-20-14-6-11(7-19-15(14)21-9)16(23)22(2)8-10-3-4-12(17)13(18)5-10/h3-7H,8H2,1-2H3,(H,19,20,21). The topological polar surface area (TPSA) is 61.9 Å². The number of rotatable bonds is 3. The summed E-state index contributed by atoms with van der Waals surface area (Å²) in [5.74, 6) is 0.0325. The number of nitrogens with one attached hydrogen (secondary N) is 1. The monoisotopic (exact) mass is 332 g/mol. The molecule has 3 rings (SSSR count). The molecule has 23 heavy (non-hydrogen) atoms. The van der Waals surface area contributed by atoms with Crippen LogP contribution < -0.4 is 0 Å². The molecule has 0 unspecified atom stereocenters. The summed E-state index contributed by atoms with van der Waals surface area (Å²) in [5.41, 5.74) is 2.38. The van der Waals surface area contributed by atoms with Crippen LogP contribution in [0.1, 0.15) is 21.7 Å². The summed E-state index contributed by atoms with van der Waals surface area (Å²) in [6.07, 6.45) is 1.49. The maximum atomic E-state index is 13.5. The number of carbonyl (C=O) groups excluding carboxylic acids is 1. The Morgan fingerprint density at radius 1 is 1.39 bits per heavy atom. The van der Waals surface area contributed by atoms with Gasteiger partial charge in [-0.2, -0.15) is 0 Å². The molecule has 0 bridgehead atoms. The molecule has 2 aromatic heterocycles. The van der Waals surface area contributed by atoms with E-state index in [9.17, 15) is 9.18 Å². The van der Waals surface area contributed by atoms with E-state index in [1.54, 1.807) is 19.2 Å². The third-order valence-corrected chi connectivity index (χ3v) is 3.76. The van der Waals surface area contributed by atoms with Gasteiger partial charge in [0.2, 0.25) is 0 Å². The highest BCUT2D eigenvalue weighted by Gasteiger charge is 2.15. The zero-order chi connectivity index (χ0) is 16.6. The first kappa shape index (κ1) is 15.4. The van der Waals surface area contributed by atoms with Crippen molar-refractivity contribution in [3.8, 4) is 0 Å². The largest absolute Gasteiger partial charge is 0.341 e. The van der Waals surface area contributed by atoms with Crippen LogP contribution in [-0.4, -0.2) is 32.8 Å². The van der Waals surface area contributed by atoms with Crippen molar-refractivity contribution in [1.29, 1.82) is 0 Å². The predicted octanol–water partition coefficient (Wildman–Crippen LogP) is 3.33. The number of imidazole rings is 1. The second-order valence-electron chi connectivity index (χ2n) is 5.33. The highest BCUT2D eigenvalue weighted by Crippen LogP contribution is 2.18. The van der Waals surface area contributed by atoms with E-state index >= 15 is 0 Å². The van der Waals surface area contributed by atoms with Gasteiger partial charge in [-0.15, -0.1) is 0 Å². The average molecular weight is 333 g/mol. The first-order valence-corrected chi connectivity index (χ1v) is 7.33. The number of H-pyrrole nitrogens is 1. The van der Waals surface area contributed by atoms with Gasteiger partial charge in [0.15, 0.2) is 5.65 Å². The molecule has 3 aromatic rings. The number of halogens is 2. The summed E-state index contributed by atoms with van der Waals surface area (Å²) in [6.45, 7) is 2.09. The van der Waals surface area contributed by atoms with Crippen molar-refractivity contribution in [2.75, 3.05) is 7.05 Å². The van der Waals surface area contributed by atoms with E-state index in [-0.39, 0.29) is 17.5 Å². The smallest absolute Gasteiger partial charge is 0.255 e. The van der Waals surface area contributed by atoms with Gasteiger partial charge in [-0.05, 0) is 30.7 Å². The first-order valence-electron chi connectivity index (χ1n) is 6.96. The van der Waals surface area contributed by atoms with E-state index in [2.05, 4.69) is 15.0 Å². The fraction of sp³-hybridized carbons (Fsp3) is 0.188. The zero-order valence-electron chi connectivity index (χ0n) is 12.6. The fourth-order valence-electron chi connectivity index (χ4n) is 2.34. The number of hydrogen-bond donors (Lipinski definition) is 1. The summed E-state index contributed by atoms with van der Waals surface area (Å²) < 4.78 is 13.5. The quantitative estimate of drug-likeness (QED) is 0.800. The lowest BCUT2D eigenvalue weighted by atomic mass is 10.2. The Morgan fingerprint density at radius 2 is 2.17 bits per heavy atom. The molecular weight excluding hydrogens is 319 g/mol. The number of benzene rings is 1. The number of pyridine rings is 1. The third-order valence-electron chi connectivity index (χ3n) is 3.45. The fourth-order valence-corrected chi connectivity index (χ4v) is 2.46. The van der Waals surface area contributed by atoms with Gasteiger partial charge >= 0.3 is 0 Å². The lowest BCUT2D eigenvalue weighted by molar-refractivity contribution is 0.0784. The zero-order valence-corrected chi connectivity index (χ0v) is 13.4. The SMILES string of the molecule is Cc1nc2ncc(C(=O)N(C)Cc3ccc(Cl)c(F)c3)cc2[nH]1. The maximum Gasteiger partial charge on any atom is 0.255 e. The summed E-state index contributed by atoms with van der Waals surface area (Å²) in [7, 11) is 1.65. The van der Waals surface area contributed by atoms with Crippen molar-refractivity contribution in [3.05, 3.63) is 58.3 Å². The second-order valence-corrected chi connectivity index (χ2v) is 5.73. The molecule has 1 aromatic carbocycles. The number of aromatic amines is 1. The molecule has 0 aliphatic rings. The van der Waals surface area contributed by atoms with E-state index in [0.717, 1.165) is 5.82 Å². The number of nitrogens with zero attached hydrogens (tertiary/aromatic N) is 3. The average Bonchev–Trinajstić information content (AvgIpc) is 2.89. The Labute approximate surface area is 137 Å². The van der Waals surface area contributed by atoms with Gasteiger partial charge in [-0.25, -0.2) is 14.4 Å². The molecule has 0 fully saturated rings. The van der Waals surface area contributed by atoms with Gasteiger partial charge in [-0.1, -0.05) is 17.7 Å². The van der Waals surface area contributed by atoms with Crippen LogP contribution in [0.15, 0.2) is 30.5 Å². The molecule has 0 spiro atoms. The molecule has 0 aliphatic carbocycles. The van der Waals surface area contributed by atoms with Crippen molar-refractivity contribution >= 4 is 28.7 Å². The van der Waals surface area contributed by atoms with E-state index in [4.69, 9.17) is 11.6 Å². The van der Waals surface area contributed by atoms with E-state index in [1.807, 2.05) is 6.92 Å². The van der Waals surface area contributed by atoms with Crippen molar-refractivity contribution in [1.82, 2.24) is 19.9 Å². The van der Waals surface area contributed by atoms with Gasteiger partial charge in [0.1, 0.15) is 11.6 Å². The van der Waals surface area contributed by atoms with Crippen LogP contribution >= 0.6 is 11.6 Å². The number of aromatic nitrogens is 3. The van der Waals surface area contributed by atoms with Gasteiger partial charge < -0.3 is 9.88 Å².